The zero-order chi connectivity index (χ0) is 13.2. The van der Waals surface area contributed by atoms with Gasteiger partial charge in [0.05, 0.1) is 6.61 Å². The predicted molar refractivity (Wildman–Crippen MR) is 73.7 cm³/mol. The fraction of sp³-hybridized carbons (Fsp3) is 0.733. The minimum Gasteiger partial charge on any atom is -0.480 e. The standard InChI is InChI=1S/C15H22N2O2/c1-2-13(18)16-7-5-10-3-4-11-9-17-15-12(14(10)11)6-8-19-15/h9-10,12,14H,2-8H2,1H3,(H,16,18). The summed E-state index contributed by atoms with van der Waals surface area (Å²) in [5, 5.41) is 2.99. The SMILES string of the molecule is CCC(=O)NCCC1CCC2=CN=C3OCCC3C21. The van der Waals surface area contributed by atoms with Gasteiger partial charge >= 0.3 is 0 Å². The van der Waals surface area contributed by atoms with Gasteiger partial charge in [-0.25, -0.2) is 4.99 Å². The number of hydrogen-bond acceptors (Lipinski definition) is 3. The van der Waals surface area contributed by atoms with Crippen LogP contribution in [0.3, 0.4) is 0 Å². The maximum Gasteiger partial charge on any atom is 0.219 e. The van der Waals surface area contributed by atoms with Gasteiger partial charge in [0.15, 0.2) is 5.90 Å². The molecule has 1 amide bonds. The molecule has 4 nitrogen and oxygen atoms in total. The first-order valence-corrected chi connectivity index (χ1v) is 7.45. The fourth-order valence-corrected chi connectivity index (χ4v) is 3.72. The Morgan fingerprint density at radius 1 is 1.53 bits per heavy atom. The van der Waals surface area contributed by atoms with Gasteiger partial charge in [0.2, 0.25) is 5.91 Å². The predicted octanol–water partition coefficient (Wildman–Crippen LogP) is 2.26. The van der Waals surface area contributed by atoms with Crippen molar-refractivity contribution in [2.45, 2.75) is 39.0 Å². The monoisotopic (exact) mass is 262 g/mol. The molecule has 0 bridgehead atoms. The number of ether oxygens (including phenoxy) is 1. The van der Waals surface area contributed by atoms with Crippen molar-refractivity contribution in [2.75, 3.05) is 13.2 Å². The van der Waals surface area contributed by atoms with E-state index in [2.05, 4.69) is 10.3 Å². The Morgan fingerprint density at radius 3 is 3.26 bits per heavy atom. The van der Waals surface area contributed by atoms with Crippen molar-refractivity contribution in [1.82, 2.24) is 5.32 Å². The molecule has 1 saturated carbocycles. The average molecular weight is 262 g/mol. The van der Waals surface area contributed by atoms with E-state index in [9.17, 15) is 4.79 Å². The van der Waals surface area contributed by atoms with Crippen molar-refractivity contribution in [3.8, 4) is 0 Å². The van der Waals surface area contributed by atoms with E-state index in [0.717, 1.165) is 31.9 Å². The van der Waals surface area contributed by atoms with Crippen molar-refractivity contribution in [3.63, 3.8) is 0 Å². The number of nitrogens with one attached hydrogen (secondary N) is 1. The quantitative estimate of drug-likeness (QED) is 0.845. The third-order valence-corrected chi connectivity index (χ3v) is 4.69. The number of carbonyl (C=O) groups is 1. The molecule has 0 radical (unpaired) electrons. The summed E-state index contributed by atoms with van der Waals surface area (Å²) < 4.78 is 5.61. The van der Waals surface area contributed by atoms with E-state index in [0.29, 0.717) is 24.2 Å². The van der Waals surface area contributed by atoms with Crippen LogP contribution in [0.5, 0.6) is 0 Å². The molecular weight excluding hydrogens is 240 g/mol. The molecule has 2 aliphatic heterocycles. The molecule has 19 heavy (non-hydrogen) atoms. The van der Waals surface area contributed by atoms with Crippen molar-refractivity contribution >= 4 is 11.8 Å². The van der Waals surface area contributed by atoms with E-state index in [1.807, 2.05) is 13.1 Å². The van der Waals surface area contributed by atoms with Crippen LogP contribution < -0.4 is 5.32 Å². The van der Waals surface area contributed by atoms with Gasteiger partial charge in [-0.2, -0.15) is 0 Å². The molecule has 2 fully saturated rings. The zero-order valence-electron chi connectivity index (χ0n) is 11.5. The number of amides is 1. The molecule has 2 heterocycles. The smallest absolute Gasteiger partial charge is 0.219 e. The number of carbonyl (C=O) groups excluding carboxylic acids is 1. The summed E-state index contributed by atoms with van der Waals surface area (Å²) in [5.41, 5.74) is 1.51. The van der Waals surface area contributed by atoms with Crippen molar-refractivity contribution in [1.29, 1.82) is 0 Å². The molecule has 1 aliphatic carbocycles. The molecule has 0 aromatic heterocycles. The molecule has 3 unspecified atom stereocenters. The van der Waals surface area contributed by atoms with Gasteiger partial charge < -0.3 is 10.1 Å². The first kappa shape index (κ1) is 12.7. The van der Waals surface area contributed by atoms with Gasteiger partial charge in [-0.3, -0.25) is 4.79 Å². The van der Waals surface area contributed by atoms with E-state index in [1.165, 1.54) is 18.4 Å². The van der Waals surface area contributed by atoms with Crippen LogP contribution in [0.25, 0.3) is 0 Å². The highest BCUT2D eigenvalue weighted by Crippen LogP contribution is 2.47. The van der Waals surface area contributed by atoms with E-state index in [1.54, 1.807) is 0 Å². The second kappa shape index (κ2) is 5.35. The first-order valence-electron chi connectivity index (χ1n) is 7.45. The summed E-state index contributed by atoms with van der Waals surface area (Å²) >= 11 is 0. The number of nitrogens with zero attached hydrogens (tertiary/aromatic N) is 1. The summed E-state index contributed by atoms with van der Waals surface area (Å²) in [7, 11) is 0. The highest BCUT2D eigenvalue weighted by molar-refractivity contribution is 5.83. The lowest BCUT2D eigenvalue weighted by atomic mass is 9.78. The van der Waals surface area contributed by atoms with Crippen LogP contribution in [0.1, 0.15) is 39.0 Å². The van der Waals surface area contributed by atoms with Crippen LogP contribution in [0.2, 0.25) is 0 Å². The summed E-state index contributed by atoms with van der Waals surface area (Å²) in [4.78, 5) is 15.7. The maximum atomic E-state index is 11.3. The van der Waals surface area contributed by atoms with Crippen LogP contribution >= 0.6 is 0 Å². The Hall–Kier alpha value is -1.32. The van der Waals surface area contributed by atoms with E-state index < -0.39 is 0 Å². The van der Waals surface area contributed by atoms with Gasteiger partial charge in [0.1, 0.15) is 0 Å². The van der Waals surface area contributed by atoms with Crippen LogP contribution in [0.15, 0.2) is 16.8 Å². The Labute approximate surface area is 114 Å². The molecule has 3 aliphatic rings. The molecular formula is C15H22N2O2. The largest absolute Gasteiger partial charge is 0.480 e. The zero-order valence-corrected chi connectivity index (χ0v) is 11.5. The Kier molecular flexibility index (Phi) is 3.58. The minimum absolute atomic E-state index is 0.156. The Morgan fingerprint density at radius 2 is 2.42 bits per heavy atom. The summed E-state index contributed by atoms with van der Waals surface area (Å²) in [6.45, 7) is 3.52. The highest BCUT2D eigenvalue weighted by Gasteiger charge is 2.43. The second-order valence-corrected chi connectivity index (χ2v) is 5.73. The van der Waals surface area contributed by atoms with Crippen LogP contribution in [0.4, 0.5) is 0 Å². The van der Waals surface area contributed by atoms with Crippen LogP contribution in [0, 0.1) is 17.8 Å². The van der Waals surface area contributed by atoms with E-state index >= 15 is 0 Å². The highest BCUT2D eigenvalue weighted by atomic mass is 16.5. The molecule has 0 aromatic rings. The molecule has 0 aromatic carbocycles. The molecule has 4 heteroatoms. The topological polar surface area (TPSA) is 50.7 Å². The average Bonchev–Trinajstić information content (AvgIpc) is 3.03. The number of fused-ring (bicyclic) bond motifs is 3. The minimum atomic E-state index is 0.156. The molecule has 3 rings (SSSR count). The van der Waals surface area contributed by atoms with Crippen LogP contribution in [-0.4, -0.2) is 25.0 Å². The van der Waals surface area contributed by atoms with Gasteiger partial charge in [-0.15, -0.1) is 0 Å². The molecule has 0 spiro atoms. The lowest BCUT2D eigenvalue weighted by molar-refractivity contribution is -0.120. The third kappa shape index (κ3) is 2.40. The molecule has 104 valence electrons. The fourth-order valence-electron chi connectivity index (χ4n) is 3.72. The van der Waals surface area contributed by atoms with Gasteiger partial charge in [-0.1, -0.05) is 6.92 Å². The van der Waals surface area contributed by atoms with Gasteiger partial charge in [0.25, 0.3) is 0 Å². The van der Waals surface area contributed by atoms with E-state index in [-0.39, 0.29) is 5.91 Å². The van der Waals surface area contributed by atoms with Crippen molar-refractivity contribution < 1.29 is 9.53 Å². The van der Waals surface area contributed by atoms with Crippen molar-refractivity contribution in [2.24, 2.45) is 22.7 Å². The Bertz CT molecular complexity index is 428. The second-order valence-electron chi connectivity index (χ2n) is 5.73. The normalized spacial score (nSPS) is 31.9. The lowest BCUT2D eigenvalue weighted by Gasteiger charge is -2.27. The maximum absolute atomic E-state index is 11.3. The number of allylic oxidation sites excluding steroid dienone is 1. The van der Waals surface area contributed by atoms with Gasteiger partial charge in [0, 0.05) is 25.1 Å². The first-order chi connectivity index (χ1) is 9.29. The number of hydrogen-bond donors (Lipinski definition) is 1. The molecule has 3 atom stereocenters. The Balaban J connectivity index is 1.60. The summed E-state index contributed by atoms with van der Waals surface area (Å²) in [6.07, 6.45) is 7.21. The number of aliphatic imine (C=N–C) groups is 1. The molecule has 1 N–H and O–H groups in total. The van der Waals surface area contributed by atoms with Crippen LogP contribution in [-0.2, 0) is 9.53 Å². The lowest BCUT2D eigenvalue weighted by Crippen LogP contribution is -2.30. The van der Waals surface area contributed by atoms with Crippen molar-refractivity contribution in [3.05, 3.63) is 11.8 Å². The van der Waals surface area contributed by atoms with E-state index in [4.69, 9.17) is 4.74 Å². The molecule has 1 saturated heterocycles. The summed E-state index contributed by atoms with van der Waals surface area (Å²) in [6, 6.07) is 0. The summed E-state index contributed by atoms with van der Waals surface area (Å²) in [5.74, 6) is 2.92. The number of rotatable bonds is 4. The third-order valence-electron chi connectivity index (χ3n) is 4.69. The van der Waals surface area contributed by atoms with Gasteiger partial charge in [-0.05, 0) is 43.1 Å².